The van der Waals surface area contributed by atoms with Crippen molar-refractivity contribution in [3.05, 3.63) is 16.7 Å². The van der Waals surface area contributed by atoms with Gasteiger partial charge in [-0.3, -0.25) is 23.4 Å². The first kappa shape index (κ1) is 33.2. The number of imidazole rings is 1. The van der Waals surface area contributed by atoms with Crippen molar-refractivity contribution in [1.82, 2.24) is 19.5 Å². The summed E-state index contributed by atoms with van der Waals surface area (Å²) in [5.74, 6) is -0.432. The highest BCUT2D eigenvalue weighted by atomic mass is 31.3. The van der Waals surface area contributed by atoms with Crippen LogP contribution in [0.1, 0.15) is 6.23 Å². The second-order valence-electron chi connectivity index (χ2n) is 7.33. The number of phosphoric ester groups is 2. The Morgan fingerprint density at radius 2 is 1.52 bits per heavy atom. The van der Waals surface area contributed by atoms with Crippen LogP contribution < -0.4 is 11.3 Å². The number of aromatic nitrogens is 4. The molecule has 1 aliphatic heterocycles. The van der Waals surface area contributed by atoms with Crippen molar-refractivity contribution in [2.24, 2.45) is 0 Å². The Labute approximate surface area is 218 Å². The van der Waals surface area contributed by atoms with E-state index in [1.807, 2.05) is 0 Å². The lowest BCUT2D eigenvalue weighted by Gasteiger charge is -2.23. The third-order valence-corrected chi connectivity index (χ3v) is 10.3. The molecule has 3 heterocycles. The SMILES string of the molecule is Nc1nc2c(ncn2[C@@H]2O[C@H](COP(=O)(O)OP(=O)(O)OP(=O)(O)O)[C@@H](OP(=O)(O)OP(=O)(O)O)[C@H]2O)c(=O)[nH]1. The molecular formula is C10H18N5O20P5. The van der Waals surface area contributed by atoms with Gasteiger partial charge in [0.15, 0.2) is 17.4 Å². The predicted octanol–water partition coefficient (Wildman–Crippen LogP) is -2.10. The van der Waals surface area contributed by atoms with Crippen molar-refractivity contribution in [2.75, 3.05) is 12.3 Å². The van der Waals surface area contributed by atoms with Crippen molar-refractivity contribution >= 4 is 56.2 Å². The summed E-state index contributed by atoms with van der Waals surface area (Å²) < 4.78 is 83.3. The number of rotatable bonds is 12. The lowest BCUT2D eigenvalue weighted by molar-refractivity contribution is -0.0501. The first-order chi connectivity index (χ1) is 18.0. The topological polar surface area (TPSA) is 392 Å². The van der Waals surface area contributed by atoms with Gasteiger partial charge in [0.05, 0.1) is 12.9 Å². The van der Waals surface area contributed by atoms with E-state index in [-0.39, 0.29) is 11.2 Å². The highest BCUT2D eigenvalue weighted by Gasteiger charge is 2.51. The Morgan fingerprint density at radius 1 is 0.950 bits per heavy atom. The fourth-order valence-electron chi connectivity index (χ4n) is 3.12. The van der Waals surface area contributed by atoms with Gasteiger partial charge in [-0.2, -0.15) is 17.9 Å². The second kappa shape index (κ2) is 11.4. The van der Waals surface area contributed by atoms with E-state index >= 15 is 0 Å². The van der Waals surface area contributed by atoms with E-state index in [4.69, 9.17) is 30.0 Å². The third-order valence-electron chi connectivity index (χ3n) is 4.32. The van der Waals surface area contributed by atoms with Gasteiger partial charge in [0.1, 0.15) is 18.3 Å². The van der Waals surface area contributed by atoms with Gasteiger partial charge in [-0.15, -0.1) is 0 Å². The van der Waals surface area contributed by atoms with E-state index < -0.39 is 81.8 Å². The number of nitrogens with two attached hydrogens (primary N) is 1. The van der Waals surface area contributed by atoms with E-state index in [0.717, 1.165) is 10.9 Å². The number of nitrogen functional groups attached to an aromatic ring is 1. The van der Waals surface area contributed by atoms with E-state index in [0.29, 0.717) is 0 Å². The average molecular weight is 683 g/mol. The average Bonchev–Trinajstić information content (AvgIpc) is 3.23. The number of H-pyrrole nitrogens is 1. The quantitative estimate of drug-likeness (QED) is 0.107. The van der Waals surface area contributed by atoms with Crippen LogP contribution in [0.25, 0.3) is 11.2 Å². The minimum atomic E-state index is -5.95. The molecule has 25 nitrogen and oxygen atoms in total. The standard InChI is InChI=1S/C10H18N5O20P5/c11-10-13-7-4(8(17)14-10)12-2-15(7)9-5(16)6(32-39(26,27)33-36(18,19)20)3(31-9)1-30-38(24,25)35-40(28,29)34-37(21,22)23/h2-3,5-6,9,16H,1H2,(H,24,25)(H,26,27)(H,28,29)(H2,18,19,20)(H2,21,22,23)(H3,11,13,14,17)/t3-,5-,6-,9-/m1/s1. The summed E-state index contributed by atoms with van der Waals surface area (Å²) in [4.78, 5) is 85.1. The number of aliphatic hydroxyl groups excluding tert-OH is 1. The van der Waals surface area contributed by atoms with Crippen molar-refractivity contribution in [1.29, 1.82) is 0 Å². The number of ether oxygens (including phenoxy) is 1. The Balaban J connectivity index is 1.91. The zero-order chi connectivity index (χ0) is 30.5. The number of hydrogen-bond acceptors (Lipinski definition) is 16. The summed E-state index contributed by atoms with van der Waals surface area (Å²) >= 11 is 0. The molecule has 0 amide bonds. The Hall–Kier alpha value is -1.26. The highest BCUT2D eigenvalue weighted by Crippen LogP contribution is 2.66. The molecule has 3 rings (SSSR count). The number of aromatic amines is 1. The summed E-state index contributed by atoms with van der Waals surface area (Å²) in [6.45, 7) is -1.37. The van der Waals surface area contributed by atoms with Crippen LogP contribution in [-0.2, 0) is 49.5 Å². The van der Waals surface area contributed by atoms with Crippen LogP contribution >= 0.6 is 39.1 Å². The first-order valence-electron chi connectivity index (χ1n) is 9.60. The third kappa shape index (κ3) is 8.87. The van der Waals surface area contributed by atoms with Gasteiger partial charge in [-0.1, -0.05) is 0 Å². The summed E-state index contributed by atoms with van der Waals surface area (Å²) in [7, 11) is -28.9. The maximum atomic E-state index is 12.1. The molecule has 2 aromatic rings. The summed E-state index contributed by atoms with van der Waals surface area (Å²) in [6, 6.07) is 0. The molecular weight excluding hydrogens is 665 g/mol. The molecule has 1 saturated heterocycles. The molecule has 0 saturated carbocycles. The molecule has 40 heavy (non-hydrogen) atoms. The van der Waals surface area contributed by atoms with Crippen molar-refractivity contribution < 1.29 is 88.9 Å². The minimum absolute atomic E-state index is 0.337. The normalized spacial score (nSPS) is 26.8. The zero-order valence-corrected chi connectivity index (χ0v) is 23.2. The van der Waals surface area contributed by atoms with Crippen LogP contribution in [0.5, 0.6) is 0 Å². The second-order valence-corrected chi connectivity index (χ2v) is 14.5. The largest absolute Gasteiger partial charge is 0.490 e. The van der Waals surface area contributed by atoms with E-state index in [1.165, 1.54) is 0 Å². The van der Waals surface area contributed by atoms with Crippen LogP contribution in [-0.4, -0.2) is 83.8 Å². The number of nitrogens with zero attached hydrogens (tertiary/aromatic N) is 3. The van der Waals surface area contributed by atoms with Crippen LogP contribution in [0, 0.1) is 0 Å². The number of fused-ring (bicyclic) bond motifs is 1. The lowest BCUT2D eigenvalue weighted by atomic mass is 10.1. The van der Waals surface area contributed by atoms with E-state index in [9.17, 15) is 47.4 Å². The van der Waals surface area contributed by atoms with Gasteiger partial charge in [-0.05, 0) is 0 Å². The monoisotopic (exact) mass is 683 g/mol. The summed E-state index contributed by atoms with van der Waals surface area (Å²) in [6.07, 6.45) is -7.37. The molecule has 7 atom stereocenters. The van der Waals surface area contributed by atoms with Gasteiger partial charge >= 0.3 is 39.1 Å². The summed E-state index contributed by atoms with van der Waals surface area (Å²) in [5, 5.41) is 10.8. The van der Waals surface area contributed by atoms with Crippen molar-refractivity contribution in [2.45, 2.75) is 24.5 Å². The van der Waals surface area contributed by atoms with E-state index in [1.54, 1.807) is 0 Å². The number of phosphoric acid groups is 5. The van der Waals surface area contributed by atoms with Gasteiger partial charge < -0.3 is 49.8 Å². The lowest BCUT2D eigenvalue weighted by Crippen LogP contribution is -2.36. The van der Waals surface area contributed by atoms with Crippen molar-refractivity contribution in [3.63, 3.8) is 0 Å². The fourth-order valence-corrected chi connectivity index (χ4v) is 7.95. The van der Waals surface area contributed by atoms with Crippen LogP contribution in [0.4, 0.5) is 5.95 Å². The Kier molecular flexibility index (Phi) is 9.51. The first-order valence-corrected chi connectivity index (χ1v) is 17.1. The number of aliphatic hydroxyl groups is 1. The predicted molar refractivity (Wildman–Crippen MR) is 120 cm³/mol. The molecule has 0 radical (unpaired) electrons. The number of anilines is 1. The zero-order valence-electron chi connectivity index (χ0n) is 18.7. The smallest absolute Gasteiger partial charge is 0.386 e. The minimum Gasteiger partial charge on any atom is -0.386 e. The molecule has 1 fully saturated rings. The van der Waals surface area contributed by atoms with Gasteiger partial charge in [-0.25, -0.2) is 27.8 Å². The van der Waals surface area contributed by atoms with Crippen LogP contribution in [0.15, 0.2) is 11.1 Å². The molecule has 0 bridgehead atoms. The van der Waals surface area contributed by atoms with Crippen LogP contribution in [0.2, 0.25) is 0 Å². The van der Waals surface area contributed by atoms with Crippen LogP contribution in [0.3, 0.4) is 0 Å². The Bertz CT molecular complexity index is 1560. The number of nitrogens with one attached hydrogen (secondary N) is 1. The maximum absolute atomic E-state index is 12.1. The summed E-state index contributed by atoms with van der Waals surface area (Å²) in [5.41, 5.74) is 3.94. The molecule has 0 spiro atoms. The molecule has 0 aromatic carbocycles. The number of hydrogen-bond donors (Lipinski definition) is 10. The Morgan fingerprint density at radius 3 is 2.10 bits per heavy atom. The van der Waals surface area contributed by atoms with E-state index in [2.05, 4.69) is 36.9 Å². The molecule has 30 heteroatoms. The van der Waals surface area contributed by atoms with Gasteiger partial charge in [0.25, 0.3) is 5.56 Å². The molecule has 3 unspecified atom stereocenters. The van der Waals surface area contributed by atoms with Crippen molar-refractivity contribution in [3.8, 4) is 0 Å². The van der Waals surface area contributed by atoms with Gasteiger partial charge in [0, 0.05) is 0 Å². The molecule has 2 aromatic heterocycles. The molecule has 1 aliphatic rings. The molecule has 228 valence electrons. The molecule has 0 aliphatic carbocycles. The van der Waals surface area contributed by atoms with Gasteiger partial charge in [0.2, 0.25) is 5.95 Å². The fraction of sp³-hybridized carbons (Fsp3) is 0.500. The highest BCUT2D eigenvalue weighted by molar-refractivity contribution is 7.66. The molecule has 11 N–H and O–H groups in total. The maximum Gasteiger partial charge on any atom is 0.490 e.